The van der Waals surface area contributed by atoms with Gasteiger partial charge in [-0.1, -0.05) is 18.2 Å². The number of rotatable bonds is 6. The highest BCUT2D eigenvalue weighted by atomic mass is 16.5. The van der Waals surface area contributed by atoms with Crippen LogP contribution in [-0.2, 0) is 13.7 Å². The maximum Gasteiger partial charge on any atom is 0.158 e. The van der Waals surface area contributed by atoms with Crippen molar-refractivity contribution in [2.45, 2.75) is 25.4 Å². The van der Waals surface area contributed by atoms with Gasteiger partial charge >= 0.3 is 0 Å². The zero-order chi connectivity index (χ0) is 16.1. The summed E-state index contributed by atoms with van der Waals surface area (Å²) in [5, 5.41) is 17.6. The fraction of sp³-hybridized carbons (Fsp3) is 0.529. The van der Waals surface area contributed by atoms with E-state index in [-0.39, 0.29) is 6.61 Å². The Morgan fingerprint density at radius 2 is 2.09 bits per heavy atom. The van der Waals surface area contributed by atoms with Crippen molar-refractivity contribution in [3.8, 4) is 5.75 Å². The normalized spacial score (nSPS) is 19.0. The van der Waals surface area contributed by atoms with Crippen molar-refractivity contribution >= 4 is 0 Å². The molecule has 0 bridgehead atoms. The molecular formula is C17H24N4O2. The van der Waals surface area contributed by atoms with Gasteiger partial charge in [-0.15, -0.1) is 10.2 Å². The molecule has 3 rings (SSSR count). The maximum atomic E-state index is 9.26. The Balaban J connectivity index is 1.53. The molecule has 1 saturated heterocycles. The minimum Gasteiger partial charge on any atom is -0.492 e. The van der Waals surface area contributed by atoms with E-state index >= 15 is 0 Å². The molecule has 6 nitrogen and oxygen atoms in total. The standard InChI is InChI=1S/C17H24N4O2/c1-20-16(13-22)18-19-17(20)14-6-5-9-21(12-14)10-11-23-15-7-3-2-4-8-15/h2-4,7-8,14,22H,5-6,9-13H2,1H3/t14-/m0/s1. The highest BCUT2D eigenvalue weighted by Gasteiger charge is 2.25. The quantitative estimate of drug-likeness (QED) is 0.876. The maximum absolute atomic E-state index is 9.26. The lowest BCUT2D eigenvalue weighted by Crippen LogP contribution is -2.37. The van der Waals surface area contributed by atoms with Crippen molar-refractivity contribution in [2.24, 2.45) is 7.05 Å². The van der Waals surface area contributed by atoms with Crippen molar-refractivity contribution < 1.29 is 9.84 Å². The van der Waals surface area contributed by atoms with Crippen LogP contribution in [0.3, 0.4) is 0 Å². The molecule has 23 heavy (non-hydrogen) atoms. The molecule has 1 atom stereocenters. The fourth-order valence-electron chi connectivity index (χ4n) is 3.15. The molecule has 0 saturated carbocycles. The summed E-state index contributed by atoms with van der Waals surface area (Å²) in [4.78, 5) is 2.42. The average Bonchev–Trinajstić information content (AvgIpc) is 2.97. The Kier molecular flexibility index (Phi) is 5.25. The van der Waals surface area contributed by atoms with Crippen LogP contribution in [0.1, 0.15) is 30.4 Å². The van der Waals surface area contributed by atoms with Crippen LogP contribution in [-0.4, -0.2) is 51.0 Å². The third-order valence-electron chi connectivity index (χ3n) is 4.43. The molecule has 1 aromatic carbocycles. The van der Waals surface area contributed by atoms with Crippen molar-refractivity contribution in [3.05, 3.63) is 42.0 Å². The molecule has 0 spiro atoms. The second-order valence-corrected chi connectivity index (χ2v) is 5.99. The Labute approximate surface area is 136 Å². The van der Waals surface area contributed by atoms with Crippen LogP contribution in [0.2, 0.25) is 0 Å². The number of aliphatic hydroxyl groups is 1. The first-order valence-corrected chi connectivity index (χ1v) is 8.17. The number of piperidine rings is 1. The van der Waals surface area contributed by atoms with Gasteiger partial charge in [0.1, 0.15) is 24.8 Å². The topological polar surface area (TPSA) is 63.4 Å². The number of hydrogen-bond donors (Lipinski definition) is 1. The zero-order valence-electron chi connectivity index (χ0n) is 13.6. The number of ether oxygens (including phenoxy) is 1. The van der Waals surface area contributed by atoms with E-state index in [1.54, 1.807) is 0 Å². The predicted octanol–water partition coefficient (Wildman–Crippen LogP) is 1.57. The van der Waals surface area contributed by atoms with Gasteiger partial charge in [-0.3, -0.25) is 4.90 Å². The van der Waals surface area contributed by atoms with Crippen LogP contribution in [0.5, 0.6) is 5.75 Å². The molecule has 124 valence electrons. The molecule has 0 radical (unpaired) electrons. The number of likely N-dealkylation sites (tertiary alicyclic amines) is 1. The highest BCUT2D eigenvalue weighted by molar-refractivity contribution is 5.20. The van der Waals surface area contributed by atoms with E-state index in [9.17, 15) is 5.11 Å². The molecular weight excluding hydrogens is 292 g/mol. The number of aliphatic hydroxyl groups excluding tert-OH is 1. The summed E-state index contributed by atoms with van der Waals surface area (Å²) in [7, 11) is 1.93. The van der Waals surface area contributed by atoms with Crippen molar-refractivity contribution in [2.75, 3.05) is 26.2 Å². The van der Waals surface area contributed by atoms with E-state index in [1.165, 1.54) is 0 Å². The second kappa shape index (κ2) is 7.57. The third kappa shape index (κ3) is 3.89. The van der Waals surface area contributed by atoms with Gasteiger partial charge in [-0.25, -0.2) is 0 Å². The fourth-order valence-corrected chi connectivity index (χ4v) is 3.15. The van der Waals surface area contributed by atoms with Crippen molar-refractivity contribution in [1.82, 2.24) is 19.7 Å². The molecule has 1 aliphatic heterocycles. The van der Waals surface area contributed by atoms with Crippen molar-refractivity contribution in [3.63, 3.8) is 0 Å². The van der Waals surface area contributed by atoms with Crippen LogP contribution in [0.25, 0.3) is 0 Å². The molecule has 2 heterocycles. The molecule has 0 aliphatic carbocycles. The van der Waals surface area contributed by atoms with Gasteiger partial charge in [0.2, 0.25) is 0 Å². The van der Waals surface area contributed by atoms with Crippen molar-refractivity contribution in [1.29, 1.82) is 0 Å². The molecule has 1 aliphatic rings. The highest BCUT2D eigenvalue weighted by Crippen LogP contribution is 2.25. The lowest BCUT2D eigenvalue weighted by molar-refractivity contribution is 0.166. The molecule has 1 fully saturated rings. The summed E-state index contributed by atoms with van der Waals surface area (Å²) in [6, 6.07) is 9.92. The minimum absolute atomic E-state index is 0.0646. The molecule has 1 N–H and O–H groups in total. The largest absolute Gasteiger partial charge is 0.492 e. The van der Waals surface area contributed by atoms with E-state index in [0.717, 1.165) is 44.0 Å². The van der Waals surface area contributed by atoms with Crippen LogP contribution in [0.15, 0.2) is 30.3 Å². The van der Waals surface area contributed by atoms with E-state index in [0.29, 0.717) is 18.3 Å². The second-order valence-electron chi connectivity index (χ2n) is 5.99. The number of nitrogens with zero attached hydrogens (tertiary/aromatic N) is 4. The molecule has 0 unspecified atom stereocenters. The smallest absolute Gasteiger partial charge is 0.158 e. The van der Waals surface area contributed by atoms with Gasteiger partial charge in [0.25, 0.3) is 0 Å². The third-order valence-corrected chi connectivity index (χ3v) is 4.43. The number of hydrogen-bond acceptors (Lipinski definition) is 5. The van der Waals surface area contributed by atoms with Crippen LogP contribution in [0, 0.1) is 0 Å². The van der Waals surface area contributed by atoms with Crippen LogP contribution >= 0.6 is 0 Å². The summed E-state index contributed by atoms with van der Waals surface area (Å²) in [5.41, 5.74) is 0. The van der Waals surface area contributed by atoms with Crippen LogP contribution < -0.4 is 4.74 Å². The lowest BCUT2D eigenvalue weighted by Gasteiger charge is -2.32. The monoisotopic (exact) mass is 316 g/mol. The number of benzene rings is 1. The van der Waals surface area contributed by atoms with Gasteiger partial charge in [-0.2, -0.15) is 0 Å². The summed E-state index contributed by atoms with van der Waals surface area (Å²) >= 11 is 0. The van der Waals surface area contributed by atoms with E-state index < -0.39 is 0 Å². The first-order chi connectivity index (χ1) is 11.3. The van der Waals surface area contributed by atoms with E-state index in [1.807, 2.05) is 41.9 Å². The average molecular weight is 316 g/mol. The predicted molar refractivity (Wildman–Crippen MR) is 87.3 cm³/mol. The van der Waals surface area contributed by atoms with Crippen LogP contribution in [0.4, 0.5) is 0 Å². The molecule has 6 heteroatoms. The summed E-state index contributed by atoms with van der Waals surface area (Å²) < 4.78 is 7.71. The van der Waals surface area contributed by atoms with Gasteiger partial charge in [0.15, 0.2) is 5.82 Å². The number of para-hydroxylation sites is 1. The Morgan fingerprint density at radius 1 is 1.26 bits per heavy atom. The molecule has 1 aromatic heterocycles. The molecule has 0 amide bonds. The van der Waals surface area contributed by atoms with Gasteiger partial charge in [-0.05, 0) is 31.5 Å². The SMILES string of the molecule is Cn1c(CO)nnc1[C@H]1CCCN(CCOc2ccccc2)C1. The summed E-state index contributed by atoms with van der Waals surface area (Å²) in [5.74, 6) is 2.90. The van der Waals surface area contributed by atoms with Gasteiger partial charge in [0, 0.05) is 26.1 Å². The van der Waals surface area contributed by atoms with Gasteiger partial charge in [0.05, 0.1) is 0 Å². The van der Waals surface area contributed by atoms with Gasteiger partial charge < -0.3 is 14.4 Å². The lowest BCUT2D eigenvalue weighted by atomic mass is 9.97. The summed E-state index contributed by atoms with van der Waals surface area (Å²) in [6.07, 6.45) is 2.27. The Bertz CT molecular complexity index is 614. The number of aromatic nitrogens is 3. The summed E-state index contributed by atoms with van der Waals surface area (Å²) in [6.45, 7) is 3.60. The molecule has 2 aromatic rings. The first kappa shape index (κ1) is 16.0. The van der Waals surface area contributed by atoms with E-state index in [4.69, 9.17) is 4.74 Å². The Morgan fingerprint density at radius 3 is 2.83 bits per heavy atom. The zero-order valence-corrected chi connectivity index (χ0v) is 13.6. The minimum atomic E-state index is -0.0646. The van der Waals surface area contributed by atoms with E-state index in [2.05, 4.69) is 15.1 Å². The Hall–Kier alpha value is -1.92. The first-order valence-electron chi connectivity index (χ1n) is 8.17.